The van der Waals surface area contributed by atoms with Crippen LogP contribution in [0.4, 0.5) is 35.9 Å². The minimum absolute atomic E-state index is 0.104. The van der Waals surface area contributed by atoms with Crippen LogP contribution in [-0.4, -0.2) is 138 Å². The van der Waals surface area contributed by atoms with Gasteiger partial charge in [0.25, 0.3) is 17.7 Å². The number of carbonyl (C=O) groups is 4. The summed E-state index contributed by atoms with van der Waals surface area (Å²) in [6.07, 6.45) is -1.47. The van der Waals surface area contributed by atoms with Crippen molar-refractivity contribution in [3.63, 3.8) is 0 Å². The number of amides is 3. The summed E-state index contributed by atoms with van der Waals surface area (Å²) in [4.78, 5) is 52.2. The lowest BCUT2D eigenvalue weighted by atomic mass is 10.0. The van der Waals surface area contributed by atoms with Crippen molar-refractivity contribution in [3.05, 3.63) is 118 Å². The summed E-state index contributed by atoms with van der Waals surface area (Å²) in [5.41, 5.74) is 5.42. The minimum Gasteiger partial charge on any atom is -0.495 e. The lowest BCUT2D eigenvalue weighted by Crippen LogP contribution is -2.36. The fourth-order valence-electron chi connectivity index (χ4n) is 8.53. The topological polar surface area (TPSA) is 195 Å². The number of aromatic nitrogens is 1. The normalized spacial score (nSPS) is 14.0. The minimum atomic E-state index is -4.44. The molecule has 21 heteroatoms. The first-order valence-electron chi connectivity index (χ1n) is 25.3. The summed E-state index contributed by atoms with van der Waals surface area (Å²) in [5, 5.41) is 19.3. The maximum Gasteiger partial charge on any atom is 0.406 e. The van der Waals surface area contributed by atoms with E-state index in [0.717, 1.165) is 37.3 Å². The Morgan fingerprint density at radius 2 is 1.47 bits per heavy atom. The summed E-state index contributed by atoms with van der Waals surface area (Å²) >= 11 is 6.43. The summed E-state index contributed by atoms with van der Waals surface area (Å²) < 4.78 is 70.2. The Bertz CT molecular complexity index is 2950. The number of ketones is 1. The quantitative estimate of drug-likeness (QED) is 0.0230. The van der Waals surface area contributed by atoms with Crippen LogP contribution in [0.2, 0.25) is 5.02 Å². The van der Waals surface area contributed by atoms with Crippen LogP contribution in [0, 0.1) is 11.8 Å². The zero-order chi connectivity index (χ0) is 54.7. The molecule has 0 spiro atoms. The Morgan fingerprint density at radius 1 is 0.792 bits per heavy atom. The SMILES string of the molecule is COc1cc(C(=O)NCCOCCOCCOCCNC(=O)COc2ccc(NC(=O)c3ccc(NC4=C(C)C(=O)CC4)c(Cl)c3)cc2)ccc1NCC#Cc1cc2c(NC3CCN(C)CC3)cccc2n1CC(F)(F)F. The predicted molar refractivity (Wildman–Crippen MR) is 290 cm³/mol. The van der Waals surface area contributed by atoms with Gasteiger partial charge in [-0.05, 0) is 131 Å². The Balaban J connectivity index is 0.715. The van der Waals surface area contributed by atoms with E-state index in [2.05, 4.69) is 55.7 Å². The summed E-state index contributed by atoms with van der Waals surface area (Å²) in [6, 6.07) is 23.7. The van der Waals surface area contributed by atoms with Gasteiger partial charge in [-0.3, -0.25) is 19.2 Å². The van der Waals surface area contributed by atoms with E-state index in [1.165, 1.54) is 11.7 Å². The Labute approximate surface area is 450 Å². The molecule has 0 radical (unpaired) electrons. The van der Waals surface area contributed by atoms with Gasteiger partial charge in [-0.25, -0.2) is 0 Å². The Kier molecular flexibility index (Phi) is 21.0. The number of likely N-dealkylation sites (tertiary alicyclic amines) is 1. The molecule has 5 aromatic rings. The molecule has 1 fully saturated rings. The van der Waals surface area contributed by atoms with Crippen LogP contribution in [0.15, 0.2) is 96.2 Å². The van der Waals surface area contributed by atoms with Gasteiger partial charge >= 0.3 is 6.18 Å². The van der Waals surface area contributed by atoms with Crippen LogP contribution in [-0.2, 0) is 30.3 Å². The number of nitrogens with zero attached hydrogens (tertiary/aromatic N) is 2. The van der Waals surface area contributed by atoms with Gasteiger partial charge in [0.2, 0.25) is 0 Å². The molecule has 0 unspecified atom stereocenters. The monoisotopic (exact) mass is 1080 g/mol. The van der Waals surface area contributed by atoms with Crippen LogP contribution < -0.4 is 41.4 Å². The number of fused-ring (bicyclic) bond motifs is 1. The first-order chi connectivity index (χ1) is 37.1. The van der Waals surface area contributed by atoms with Gasteiger partial charge in [-0.1, -0.05) is 23.6 Å². The average Bonchev–Trinajstić information content (AvgIpc) is 3.93. The molecule has 0 saturated carbocycles. The molecule has 2 heterocycles. The molecule has 1 aromatic heterocycles. The maximum absolute atomic E-state index is 13.8. The van der Waals surface area contributed by atoms with Crippen molar-refractivity contribution in [1.82, 2.24) is 20.1 Å². The molecule has 77 heavy (non-hydrogen) atoms. The second-order valence-electron chi connectivity index (χ2n) is 18.3. The van der Waals surface area contributed by atoms with Crippen molar-refractivity contribution in [2.45, 2.75) is 51.4 Å². The van der Waals surface area contributed by atoms with Crippen LogP contribution in [0.5, 0.6) is 11.5 Å². The fourth-order valence-corrected chi connectivity index (χ4v) is 8.76. The van der Waals surface area contributed by atoms with Crippen molar-refractivity contribution in [1.29, 1.82) is 0 Å². The number of hydrogen-bond acceptors (Lipinski definition) is 13. The van der Waals surface area contributed by atoms with E-state index in [1.807, 2.05) is 6.07 Å². The third-order valence-corrected chi connectivity index (χ3v) is 13.0. The number of allylic oxidation sites excluding steroid dienone is 2. The number of halogens is 4. The van der Waals surface area contributed by atoms with Crippen LogP contribution in [0.25, 0.3) is 10.9 Å². The Hall–Kier alpha value is -7.28. The number of nitrogens with one attached hydrogen (secondary N) is 6. The number of anilines is 4. The zero-order valence-electron chi connectivity index (χ0n) is 43.3. The zero-order valence-corrected chi connectivity index (χ0v) is 44.0. The second kappa shape index (κ2) is 28.2. The molecule has 7 rings (SSSR count). The number of alkyl halides is 3. The fraction of sp³-hybridized carbons (Fsp3) is 0.393. The van der Waals surface area contributed by atoms with E-state index in [1.54, 1.807) is 85.8 Å². The van der Waals surface area contributed by atoms with Crippen molar-refractivity contribution >= 4 is 68.8 Å². The van der Waals surface area contributed by atoms with Gasteiger partial charge in [-0.15, -0.1) is 0 Å². The highest BCUT2D eigenvalue weighted by Gasteiger charge is 2.30. The van der Waals surface area contributed by atoms with Crippen LogP contribution >= 0.6 is 11.6 Å². The summed E-state index contributed by atoms with van der Waals surface area (Å²) in [6.45, 7) is 4.68. The number of carbonyl (C=O) groups excluding carboxylic acids is 4. The van der Waals surface area contributed by atoms with Gasteiger partial charge in [0.15, 0.2) is 12.4 Å². The highest BCUT2D eigenvalue weighted by atomic mass is 35.5. The van der Waals surface area contributed by atoms with E-state index >= 15 is 0 Å². The smallest absolute Gasteiger partial charge is 0.406 e. The highest BCUT2D eigenvalue weighted by molar-refractivity contribution is 6.33. The maximum atomic E-state index is 13.8. The molecule has 4 aromatic carbocycles. The first kappa shape index (κ1) is 57.4. The number of methoxy groups -OCH3 is 1. The van der Waals surface area contributed by atoms with Crippen molar-refractivity contribution in [3.8, 4) is 23.3 Å². The van der Waals surface area contributed by atoms with E-state index in [4.69, 9.17) is 35.3 Å². The lowest BCUT2D eigenvalue weighted by Gasteiger charge is -2.30. The van der Waals surface area contributed by atoms with E-state index in [9.17, 15) is 32.3 Å². The number of piperidine rings is 1. The molecule has 3 amide bonds. The van der Waals surface area contributed by atoms with Gasteiger partial charge in [0.05, 0.1) is 80.9 Å². The number of rotatable bonds is 26. The molecule has 6 N–H and O–H groups in total. The van der Waals surface area contributed by atoms with E-state index in [-0.39, 0.29) is 74.7 Å². The van der Waals surface area contributed by atoms with Crippen LogP contribution in [0.3, 0.4) is 0 Å². The third kappa shape index (κ3) is 17.4. The Morgan fingerprint density at radius 3 is 2.13 bits per heavy atom. The number of benzene rings is 4. The second-order valence-corrected chi connectivity index (χ2v) is 18.7. The van der Waals surface area contributed by atoms with Crippen molar-refractivity contribution in [2.75, 3.05) is 114 Å². The van der Waals surface area contributed by atoms with Crippen molar-refractivity contribution < 1.29 is 56.0 Å². The molecule has 0 bridgehead atoms. The van der Waals surface area contributed by atoms with Gasteiger partial charge in [0.1, 0.15) is 18.0 Å². The van der Waals surface area contributed by atoms with Gasteiger partial charge < -0.3 is 65.1 Å². The summed E-state index contributed by atoms with van der Waals surface area (Å²) in [5.74, 6) is 5.80. The molecule has 1 aliphatic heterocycles. The van der Waals surface area contributed by atoms with Crippen LogP contribution in [0.1, 0.15) is 59.0 Å². The highest BCUT2D eigenvalue weighted by Crippen LogP contribution is 2.33. The van der Waals surface area contributed by atoms with Gasteiger partial charge in [0, 0.05) is 64.7 Å². The number of hydrogen-bond donors (Lipinski definition) is 6. The first-order valence-corrected chi connectivity index (χ1v) is 25.7. The van der Waals surface area contributed by atoms with Gasteiger partial charge in [-0.2, -0.15) is 13.2 Å². The molecular weight excluding hydrogens is 1020 g/mol. The average molecular weight is 1090 g/mol. The largest absolute Gasteiger partial charge is 0.495 e. The summed E-state index contributed by atoms with van der Waals surface area (Å²) in [7, 11) is 3.55. The number of Topliss-reactive ketones (excluding diaryl/α,β-unsaturated/α-hetero) is 1. The number of ether oxygens (including phenoxy) is 5. The molecule has 2 aliphatic rings. The molecular formula is C56H64ClF3N8O9. The molecule has 1 aliphatic carbocycles. The predicted octanol–water partition coefficient (Wildman–Crippen LogP) is 8.11. The lowest BCUT2D eigenvalue weighted by molar-refractivity contribution is -0.140. The van der Waals surface area contributed by atoms with Crippen molar-refractivity contribution in [2.24, 2.45) is 0 Å². The molecule has 1 saturated heterocycles. The molecule has 17 nitrogen and oxygen atoms in total. The molecule has 0 atom stereocenters. The third-order valence-electron chi connectivity index (χ3n) is 12.7. The standard InChI is InChI=1S/C56H64ClF3N8O9/c1-37-46(17-18-51(37)69)66-48-15-9-38(32-45(48)57)55(72)65-40-11-13-43(14-12-40)77-35-53(70)62-22-26-74-28-30-76-31-29-75-27-23-63-54(71)39-10-16-49(52(33-39)73-3)61-21-5-6-42-34-44-47(64-41-19-24-67(2)25-20-41)7-4-8-50(44)68(42)36-56(58,59)60/h4,7-16,32-34,41,61,64,66H,17-31,35-36H2,1-3H3,(H,62,70)(H,63,71)(H,65,72). The molecule has 410 valence electrons. The van der Waals surface area contributed by atoms with E-state index < -0.39 is 12.7 Å². The van der Waals surface area contributed by atoms with E-state index in [0.29, 0.717) is 100 Å².